The maximum atomic E-state index is 11.5. The van der Waals surface area contributed by atoms with Crippen LogP contribution in [0, 0.1) is 11.5 Å². The van der Waals surface area contributed by atoms with Crippen molar-refractivity contribution in [1.82, 2.24) is 5.32 Å². The van der Waals surface area contributed by atoms with E-state index in [2.05, 4.69) is 16.0 Å². The van der Waals surface area contributed by atoms with Gasteiger partial charge in [-0.15, -0.1) is 10.7 Å². The number of amides is 1. The number of nitrogens with one attached hydrogen (secondary N) is 1. The van der Waals surface area contributed by atoms with Crippen LogP contribution in [0.25, 0.3) is 0 Å². The number of aliphatic imine (C=N–C) groups is 1. The summed E-state index contributed by atoms with van der Waals surface area (Å²) < 4.78 is 0. The van der Waals surface area contributed by atoms with Crippen LogP contribution in [0.5, 0.6) is 0 Å². The van der Waals surface area contributed by atoms with Gasteiger partial charge in [-0.3, -0.25) is 10.1 Å². The Balaban J connectivity index is 2.08. The molecule has 0 bridgehead atoms. The molecule has 1 aliphatic heterocycles. The molecule has 0 aromatic heterocycles. The minimum absolute atomic E-state index is 0.265. The first-order chi connectivity index (χ1) is 8.79. The van der Waals surface area contributed by atoms with E-state index in [0.717, 1.165) is 17.3 Å². The molecule has 88 valence electrons. The van der Waals surface area contributed by atoms with E-state index >= 15 is 0 Å². The normalized spacial score (nSPS) is 16.1. The van der Waals surface area contributed by atoms with Crippen molar-refractivity contribution in [2.24, 2.45) is 4.99 Å². The quantitative estimate of drug-likeness (QED) is 0.499. The molecule has 1 amide bonds. The maximum absolute atomic E-state index is 11.5. The van der Waals surface area contributed by atoms with Crippen molar-refractivity contribution in [2.45, 2.75) is 6.42 Å². The zero-order valence-electron chi connectivity index (χ0n) is 9.38. The lowest BCUT2D eigenvalue weighted by Gasteiger charge is -1.92. The first-order valence-electron chi connectivity index (χ1n) is 5.24. The van der Waals surface area contributed by atoms with E-state index in [9.17, 15) is 4.79 Å². The number of hydrogen-bond acceptors (Lipinski definition) is 4. The Kier molecular flexibility index (Phi) is 3.98. The van der Waals surface area contributed by atoms with Crippen LogP contribution in [0.15, 0.2) is 52.0 Å². The third-order valence-corrected chi connectivity index (χ3v) is 3.08. The molecule has 1 aliphatic rings. The Morgan fingerprint density at radius 2 is 2.17 bits per heavy atom. The van der Waals surface area contributed by atoms with Crippen LogP contribution in [0.1, 0.15) is 5.56 Å². The number of rotatable bonds is 2. The molecule has 1 fully saturated rings. The molecular formula is C13H9N3OS. The van der Waals surface area contributed by atoms with Crippen molar-refractivity contribution < 1.29 is 4.79 Å². The van der Waals surface area contributed by atoms with E-state index in [1.807, 2.05) is 30.3 Å². The Morgan fingerprint density at radius 3 is 2.89 bits per heavy atom. The zero-order chi connectivity index (χ0) is 12.8. The molecule has 0 saturated carbocycles. The van der Waals surface area contributed by atoms with Crippen molar-refractivity contribution in [2.75, 3.05) is 0 Å². The fraction of sp³-hybridized carbons (Fsp3) is 0.0769. The average molecular weight is 255 g/mol. The third kappa shape index (κ3) is 3.11. The SMILES string of the molecule is N#C/N=C1\NC(=O)C(=C=CCc2ccccc2)S1. The largest absolute Gasteiger partial charge is 0.299 e. The predicted molar refractivity (Wildman–Crippen MR) is 70.5 cm³/mol. The highest BCUT2D eigenvalue weighted by molar-refractivity contribution is 8.18. The van der Waals surface area contributed by atoms with Gasteiger partial charge in [0, 0.05) is 0 Å². The minimum atomic E-state index is -0.265. The summed E-state index contributed by atoms with van der Waals surface area (Å²) in [6.45, 7) is 0. The molecule has 1 N–H and O–H groups in total. The van der Waals surface area contributed by atoms with Crippen LogP contribution in [-0.2, 0) is 11.2 Å². The summed E-state index contributed by atoms with van der Waals surface area (Å²) in [5.74, 6) is -0.265. The van der Waals surface area contributed by atoms with Gasteiger partial charge >= 0.3 is 0 Å². The highest BCUT2D eigenvalue weighted by atomic mass is 32.2. The van der Waals surface area contributed by atoms with Gasteiger partial charge in [0.2, 0.25) is 6.19 Å². The Labute approximate surface area is 109 Å². The number of hydrogen-bond donors (Lipinski definition) is 1. The summed E-state index contributed by atoms with van der Waals surface area (Å²) in [5, 5.41) is 11.2. The van der Waals surface area contributed by atoms with Crippen LogP contribution in [-0.4, -0.2) is 11.1 Å². The molecule has 1 heterocycles. The molecule has 0 radical (unpaired) electrons. The lowest BCUT2D eigenvalue weighted by atomic mass is 10.1. The third-order valence-electron chi connectivity index (χ3n) is 2.19. The highest BCUT2D eigenvalue weighted by Gasteiger charge is 2.23. The highest BCUT2D eigenvalue weighted by Crippen LogP contribution is 2.21. The summed E-state index contributed by atoms with van der Waals surface area (Å²) in [7, 11) is 0. The molecule has 1 aromatic carbocycles. The average Bonchev–Trinajstić information content (AvgIpc) is 2.72. The topological polar surface area (TPSA) is 65.2 Å². The summed E-state index contributed by atoms with van der Waals surface area (Å²) in [6, 6.07) is 9.90. The van der Waals surface area contributed by atoms with Crippen LogP contribution < -0.4 is 5.32 Å². The number of carbonyl (C=O) groups is 1. The number of nitrogens with zero attached hydrogens (tertiary/aromatic N) is 2. The molecule has 18 heavy (non-hydrogen) atoms. The van der Waals surface area contributed by atoms with Crippen molar-refractivity contribution in [3.8, 4) is 6.19 Å². The van der Waals surface area contributed by atoms with Crippen LogP contribution >= 0.6 is 11.8 Å². The molecule has 4 nitrogen and oxygen atoms in total. The number of carbonyl (C=O) groups excluding carboxylic acids is 1. The van der Waals surface area contributed by atoms with Crippen molar-refractivity contribution >= 4 is 22.8 Å². The van der Waals surface area contributed by atoms with E-state index in [1.165, 1.54) is 0 Å². The lowest BCUT2D eigenvalue weighted by Crippen LogP contribution is -2.19. The molecule has 0 unspecified atom stereocenters. The molecule has 0 aliphatic carbocycles. The monoisotopic (exact) mass is 255 g/mol. The van der Waals surface area contributed by atoms with E-state index in [1.54, 1.807) is 12.3 Å². The molecule has 1 saturated heterocycles. The Hall–Kier alpha value is -2.28. The van der Waals surface area contributed by atoms with Crippen molar-refractivity contribution in [1.29, 1.82) is 5.26 Å². The van der Waals surface area contributed by atoms with Gasteiger partial charge in [-0.25, -0.2) is 0 Å². The van der Waals surface area contributed by atoms with E-state index in [4.69, 9.17) is 5.26 Å². The summed E-state index contributed by atoms with van der Waals surface area (Å²) in [5.41, 5.74) is 4.07. The van der Waals surface area contributed by atoms with Gasteiger partial charge < -0.3 is 0 Å². The maximum Gasteiger partial charge on any atom is 0.272 e. The van der Waals surface area contributed by atoms with Gasteiger partial charge in [0.25, 0.3) is 5.91 Å². The second-order valence-electron chi connectivity index (χ2n) is 3.44. The molecular weight excluding hydrogens is 246 g/mol. The number of thioether (sulfide) groups is 1. The molecule has 2 rings (SSSR count). The Bertz CT molecular complexity index is 592. The standard InChI is InChI=1S/C13H9N3OS/c14-9-15-13-16-12(17)11(18-13)8-4-7-10-5-2-1-3-6-10/h1-6H,7H2,(H,15,16,17). The summed E-state index contributed by atoms with van der Waals surface area (Å²) in [4.78, 5) is 15.4. The molecule has 0 atom stereocenters. The van der Waals surface area contributed by atoms with E-state index in [-0.39, 0.29) is 5.91 Å². The fourth-order valence-electron chi connectivity index (χ4n) is 1.39. The van der Waals surface area contributed by atoms with E-state index < -0.39 is 0 Å². The number of amidine groups is 1. The lowest BCUT2D eigenvalue weighted by molar-refractivity contribution is -0.115. The van der Waals surface area contributed by atoms with E-state index in [0.29, 0.717) is 16.5 Å². The van der Waals surface area contributed by atoms with Gasteiger partial charge in [0.05, 0.1) is 0 Å². The second kappa shape index (κ2) is 5.87. The van der Waals surface area contributed by atoms with Crippen LogP contribution in [0.2, 0.25) is 0 Å². The van der Waals surface area contributed by atoms with Gasteiger partial charge in [0.1, 0.15) is 4.91 Å². The predicted octanol–water partition coefficient (Wildman–Crippen LogP) is 1.97. The van der Waals surface area contributed by atoms with Crippen molar-refractivity contribution in [3.05, 3.63) is 52.6 Å². The van der Waals surface area contributed by atoms with Gasteiger partial charge in [-0.05, 0) is 29.8 Å². The van der Waals surface area contributed by atoms with Gasteiger partial charge in [-0.1, -0.05) is 30.3 Å². The van der Waals surface area contributed by atoms with Crippen molar-refractivity contribution in [3.63, 3.8) is 0 Å². The second-order valence-corrected chi connectivity index (χ2v) is 4.44. The summed E-state index contributed by atoms with van der Waals surface area (Å²) in [6.07, 6.45) is 4.14. The Morgan fingerprint density at radius 1 is 1.39 bits per heavy atom. The number of nitriles is 1. The van der Waals surface area contributed by atoms with Crippen LogP contribution in [0.4, 0.5) is 0 Å². The first-order valence-corrected chi connectivity index (χ1v) is 6.06. The van der Waals surface area contributed by atoms with Gasteiger partial charge in [0.15, 0.2) is 5.17 Å². The van der Waals surface area contributed by atoms with Crippen LogP contribution in [0.3, 0.4) is 0 Å². The zero-order valence-corrected chi connectivity index (χ0v) is 10.2. The molecule has 5 heteroatoms. The fourth-order valence-corrected chi connectivity index (χ4v) is 2.10. The summed E-state index contributed by atoms with van der Waals surface area (Å²) >= 11 is 1.12. The van der Waals surface area contributed by atoms with Gasteiger partial charge in [-0.2, -0.15) is 5.26 Å². The molecule has 0 spiro atoms. The smallest absolute Gasteiger partial charge is 0.272 e. The minimum Gasteiger partial charge on any atom is -0.299 e. The number of benzene rings is 1. The molecule has 1 aromatic rings. The first kappa shape index (κ1) is 12.2.